The maximum atomic E-state index is 10.8. The van der Waals surface area contributed by atoms with E-state index < -0.39 is 0 Å². The van der Waals surface area contributed by atoms with Crippen LogP contribution in [0.25, 0.3) is 0 Å². The van der Waals surface area contributed by atoms with E-state index >= 15 is 0 Å². The van der Waals surface area contributed by atoms with Crippen molar-refractivity contribution in [3.63, 3.8) is 0 Å². The molecule has 21 heavy (non-hydrogen) atoms. The van der Waals surface area contributed by atoms with E-state index in [2.05, 4.69) is 40.0 Å². The Kier molecular flexibility index (Phi) is 7.49. The molecule has 1 aromatic rings. The van der Waals surface area contributed by atoms with Crippen molar-refractivity contribution in [2.75, 3.05) is 6.61 Å². The van der Waals surface area contributed by atoms with Crippen LogP contribution < -0.4 is 14.9 Å². The number of carbonyl (C=O) groups is 1. The molecule has 6 heteroatoms. The summed E-state index contributed by atoms with van der Waals surface area (Å²) in [5, 5.41) is 3.87. The average molecular weight is 404 g/mol. The maximum absolute atomic E-state index is 10.8. The molecule has 0 heterocycles. The number of halogens is 1. The SMILES string of the molecule is CCOc1cc(/C=N\NC(C)=O)cc(I)c1O[C@H](C)CC. The van der Waals surface area contributed by atoms with Crippen LogP contribution in [0.2, 0.25) is 0 Å². The van der Waals surface area contributed by atoms with Crippen LogP contribution in [0.3, 0.4) is 0 Å². The number of ether oxygens (including phenoxy) is 2. The highest BCUT2D eigenvalue weighted by molar-refractivity contribution is 14.1. The van der Waals surface area contributed by atoms with Crippen LogP contribution in [0.1, 0.15) is 39.7 Å². The van der Waals surface area contributed by atoms with Gasteiger partial charge in [-0.3, -0.25) is 4.79 Å². The van der Waals surface area contributed by atoms with Gasteiger partial charge in [-0.25, -0.2) is 5.43 Å². The summed E-state index contributed by atoms with van der Waals surface area (Å²) >= 11 is 2.21. The first-order chi connectivity index (χ1) is 9.97. The maximum Gasteiger partial charge on any atom is 0.236 e. The van der Waals surface area contributed by atoms with Gasteiger partial charge in [0.25, 0.3) is 0 Å². The minimum Gasteiger partial charge on any atom is -0.490 e. The van der Waals surface area contributed by atoms with Crippen molar-refractivity contribution in [3.8, 4) is 11.5 Å². The van der Waals surface area contributed by atoms with E-state index in [4.69, 9.17) is 9.47 Å². The zero-order chi connectivity index (χ0) is 15.8. The number of nitrogens with zero attached hydrogens (tertiary/aromatic N) is 1. The van der Waals surface area contributed by atoms with Gasteiger partial charge in [0.2, 0.25) is 5.91 Å². The van der Waals surface area contributed by atoms with Gasteiger partial charge < -0.3 is 9.47 Å². The zero-order valence-corrected chi connectivity index (χ0v) is 14.9. The van der Waals surface area contributed by atoms with E-state index in [9.17, 15) is 4.79 Å². The number of hydrogen-bond acceptors (Lipinski definition) is 4. The van der Waals surface area contributed by atoms with Gasteiger partial charge in [-0.05, 0) is 60.6 Å². The molecule has 5 nitrogen and oxygen atoms in total. The Morgan fingerprint density at radius 3 is 2.76 bits per heavy atom. The van der Waals surface area contributed by atoms with E-state index in [0.29, 0.717) is 12.4 Å². The summed E-state index contributed by atoms with van der Waals surface area (Å²) in [5.74, 6) is 1.24. The monoisotopic (exact) mass is 404 g/mol. The van der Waals surface area contributed by atoms with Crippen LogP contribution in [-0.2, 0) is 4.79 Å². The molecule has 1 rings (SSSR count). The zero-order valence-electron chi connectivity index (χ0n) is 12.8. The number of hydrazone groups is 1. The lowest BCUT2D eigenvalue weighted by Gasteiger charge is -2.18. The fraction of sp³-hybridized carbons (Fsp3) is 0.467. The Bertz CT molecular complexity index is 518. The topological polar surface area (TPSA) is 59.9 Å². The molecule has 0 fully saturated rings. The molecule has 0 aromatic heterocycles. The van der Waals surface area contributed by atoms with Crippen LogP contribution in [0.4, 0.5) is 0 Å². The number of rotatable bonds is 7. The average Bonchev–Trinajstić information content (AvgIpc) is 2.42. The molecule has 1 N–H and O–H groups in total. The summed E-state index contributed by atoms with van der Waals surface area (Å²) in [5.41, 5.74) is 3.22. The van der Waals surface area contributed by atoms with Crippen molar-refractivity contribution < 1.29 is 14.3 Å². The molecule has 0 saturated heterocycles. The third kappa shape index (κ3) is 5.91. The fourth-order valence-electron chi connectivity index (χ4n) is 1.52. The number of benzene rings is 1. The normalized spacial score (nSPS) is 12.2. The smallest absolute Gasteiger partial charge is 0.236 e. The summed E-state index contributed by atoms with van der Waals surface area (Å²) in [6.07, 6.45) is 2.63. The van der Waals surface area contributed by atoms with Gasteiger partial charge in [0.15, 0.2) is 11.5 Å². The molecule has 0 spiro atoms. The molecule has 0 bridgehead atoms. The lowest BCUT2D eigenvalue weighted by molar-refractivity contribution is -0.118. The van der Waals surface area contributed by atoms with E-state index in [1.165, 1.54) is 6.92 Å². The molecule has 116 valence electrons. The van der Waals surface area contributed by atoms with Gasteiger partial charge in [0.1, 0.15) is 0 Å². The quantitative estimate of drug-likeness (QED) is 0.431. The van der Waals surface area contributed by atoms with Gasteiger partial charge in [0, 0.05) is 6.92 Å². The highest BCUT2D eigenvalue weighted by Gasteiger charge is 2.14. The van der Waals surface area contributed by atoms with Crippen molar-refractivity contribution >= 4 is 34.7 Å². The Morgan fingerprint density at radius 1 is 1.48 bits per heavy atom. The van der Waals surface area contributed by atoms with Crippen LogP contribution >= 0.6 is 22.6 Å². The molecule has 0 unspecified atom stereocenters. The van der Waals surface area contributed by atoms with Crippen molar-refractivity contribution in [2.45, 2.75) is 40.2 Å². The van der Waals surface area contributed by atoms with Crippen molar-refractivity contribution in [1.82, 2.24) is 5.43 Å². The van der Waals surface area contributed by atoms with Crippen molar-refractivity contribution in [2.24, 2.45) is 5.10 Å². The summed E-state index contributed by atoms with van der Waals surface area (Å²) < 4.78 is 12.5. The Hall–Kier alpha value is -1.31. The molecule has 1 atom stereocenters. The first kappa shape index (κ1) is 17.7. The Morgan fingerprint density at radius 2 is 2.19 bits per heavy atom. The Labute approximate surface area is 139 Å². The Balaban J connectivity index is 3.05. The lowest BCUT2D eigenvalue weighted by Crippen LogP contribution is -2.13. The second-order valence-corrected chi connectivity index (χ2v) is 5.69. The van der Waals surface area contributed by atoms with Crippen molar-refractivity contribution in [3.05, 3.63) is 21.3 Å². The van der Waals surface area contributed by atoms with Crippen LogP contribution in [-0.4, -0.2) is 24.8 Å². The summed E-state index contributed by atoms with van der Waals surface area (Å²) in [4.78, 5) is 10.8. The molecule has 0 aliphatic carbocycles. The summed E-state index contributed by atoms with van der Waals surface area (Å²) in [6.45, 7) is 8.00. The van der Waals surface area contributed by atoms with Gasteiger partial charge in [-0.15, -0.1) is 0 Å². The second kappa shape index (κ2) is 8.86. The van der Waals surface area contributed by atoms with Crippen LogP contribution in [0.5, 0.6) is 11.5 Å². The second-order valence-electron chi connectivity index (χ2n) is 4.53. The summed E-state index contributed by atoms with van der Waals surface area (Å²) in [7, 11) is 0. The van der Waals surface area contributed by atoms with E-state index in [-0.39, 0.29) is 12.0 Å². The molecule has 1 amide bonds. The third-order valence-electron chi connectivity index (χ3n) is 2.66. The number of hydrogen-bond donors (Lipinski definition) is 1. The minimum atomic E-state index is -0.206. The number of nitrogens with one attached hydrogen (secondary N) is 1. The van der Waals surface area contributed by atoms with Gasteiger partial charge in [-0.1, -0.05) is 6.92 Å². The van der Waals surface area contributed by atoms with Crippen LogP contribution in [0.15, 0.2) is 17.2 Å². The first-order valence-electron chi connectivity index (χ1n) is 6.90. The lowest BCUT2D eigenvalue weighted by atomic mass is 10.2. The van der Waals surface area contributed by atoms with Crippen LogP contribution in [0, 0.1) is 3.57 Å². The highest BCUT2D eigenvalue weighted by atomic mass is 127. The molecule has 0 aliphatic heterocycles. The van der Waals surface area contributed by atoms with E-state index in [1.54, 1.807) is 6.21 Å². The standard InChI is InChI=1S/C15H21IN2O3/c1-5-10(3)21-15-13(16)7-12(8-14(15)20-6-2)9-17-18-11(4)19/h7-10H,5-6H2,1-4H3,(H,18,19)/b17-9-/t10-/m1/s1. The molecular formula is C15H21IN2O3. The number of carbonyl (C=O) groups excluding carboxylic acids is 1. The van der Waals surface area contributed by atoms with Gasteiger partial charge >= 0.3 is 0 Å². The molecule has 1 aromatic carbocycles. The first-order valence-corrected chi connectivity index (χ1v) is 7.98. The molecular weight excluding hydrogens is 383 g/mol. The fourth-order valence-corrected chi connectivity index (χ4v) is 2.27. The molecule has 0 aliphatic rings. The largest absolute Gasteiger partial charge is 0.490 e. The van der Waals surface area contributed by atoms with E-state index in [1.807, 2.05) is 26.0 Å². The van der Waals surface area contributed by atoms with Crippen molar-refractivity contribution in [1.29, 1.82) is 0 Å². The molecule has 0 saturated carbocycles. The van der Waals surface area contributed by atoms with Gasteiger partial charge in [0.05, 0.1) is 22.5 Å². The highest BCUT2D eigenvalue weighted by Crippen LogP contribution is 2.34. The predicted octanol–water partition coefficient (Wildman–Crippen LogP) is 3.34. The molecule has 0 radical (unpaired) electrons. The van der Waals surface area contributed by atoms with E-state index in [0.717, 1.165) is 21.3 Å². The summed E-state index contributed by atoms with van der Waals surface area (Å²) in [6, 6.07) is 3.79. The third-order valence-corrected chi connectivity index (χ3v) is 3.46. The predicted molar refractivity (Wildman–Crippen MR) is 92.1 cm³/mol. The van der Waals surface area contributed by atoms with Gasteiger partial charge in [-0.2, -0.15) is 5.10 Å². The number of amides is 1. The minimum absolute atomic E-state index is 0.122.